The van der Waals surface area contributed by atoms with Gasteiger partial charge in [0.25, 0.3) is 17.1 Å². The maximum Gasteiger partial charge on any atom is 0.490 e. The number of hydrogen-bond donors (Lipinski definition) is 12. The Balaban J connectivity index is 0.898. The predicted molar refractivity (Wildman–Crippen MR) is 273 cm³/mol. The van der Waals surface area contributed by atoms with Crippen molar-refractivity contribution in [3.8, 4) is 0 Å². The van der Waals surface area contributed by atoms with Crippen molar-refractivity contribution < 1.29 is 104 Å². The Kier molecular flexibility index (Phi) is 17.2. The molecule has 14 N–H and O–H groups in total. The summed E-state index contributed by atoms with van der Waals surface area (Å²) in [7, 11) is -18.1. The minimum Gasteiger partial charge on any atom is -0.387 e. The van der Waals surface area contributed by atoms with E-state index in [1.54, 1.807) is 13.8 Å². The molecule has 3 aliphatic heterocycles. The highest BCUT2D eigenvalue weighted by atomic mass is 31.3. The molecule has 39 nitrogen and oxygen atoms in total. The highest BCUT2D eigenvalue weighted by Crippen LogP contribution is 2.68. The molecular formula is C39H57N16O23P4+. The van der Waals surface area contributed by atoms with Gasteiger partial charge in [-0.2, -0.15) is 13.6 Å². The SMILES string of the molecule is CO[C@H]1[C@H](n2cnc3c(N)ncnc32)OC(COP(=O)(O)OP(=O)(O)OP(=O)(O)OC[C@H]2OC([n+]3cn(C)c4c(=O)[nH]c(NC(C)C)nc43)[C@H](O)[C@@H]2CC(=O)N(C)C)[C@H]1P(=O)(O)OC[C@H]1O[C@@H](n2cnc3c(=O)[nH]c(N)nc32)[C@H](O)[C@@H]1O. The van der Waals surface area contributed by atoms with E-state index in [-0.39, 0.29) is 57.2 Å². The van der Waals surface area contributed by atoms with E-state index < -0.39 is 147 Å². The second kappa shape index (κ2) is 23.1. The van der Waals surface area contributed by atoms with Crippen LogP contribution in [0.5, 0.6) is 0 Å². The van der Waals surface area contributed by atoms with Crippen LogP contribution in [0.25, 0.3) is 33.5 Å². The van der Waals surface area contributed by atoms with Crippen LogP contribution >= 0.6 is 31.1 Å². The first kappa shape index (κ1) is 61.0. The van der Waals surface area contributed by atoms with Crippen molar-refractivity contribution in [1.82, 2.24) is 58.5 Å². The number of nitrogens with two attached hydrogens (primary N) is 2. The molecule has 16 atom stereocenters. The maximum absolute atomic E-state index is 14.5. The average Bonchev–Trinajstić information content (AvgIpc) is 4.29. The Bertz CT molecular complexity index is 3710. The van der Waals surface area contributed by atoms with Gasteiger partial charge in [-0.1, -0.05) is 4.98 Å². The standard InChI is InChI=1S/C39H56N16O23P4/c1-15(2)46-39-48-32-23(34(61)50-39)52(5)14-55(32)35-24(57)16(7-20(56)51(3)4)17(74-35)8-72-80(64,65)77-82(68,69)78-81(66,67)73-10-19-28(27(70-6)37(76-19)53-12-44-21-29(40)42-11-43-30(21)53)79(62,63)71-9-18-25(58)26(59)36(75-18)54-13-45-22-31(54)47-38(41)49-33(22)60/h11-19,24-28,35-37,57-59H,7-10H2,1-6H3,(H10-,40,41,42,43,46,47,48,49,50,60,61,62,63,64,65,66,67,68,69)/p+1/t16-,17-,18-,19?,24-,25-,26-,27-,28-,35?,36-,37-/m1/s1. The molecule has 6 unspecified atom stereocenters. The molecular weight excluding hydrogens is 1180 g/mol. The van der Waals surface area contributed by atoms with Crippen LogP contribution in [0.1, 0.15) is 39.0 Å². The number of nitrogens with zero attached hydrogens (tertiary/aromatic N) is 11. The van der Waals surface area contributed by atoms with E-state index in [0.29, 0.717) is 0 Å². The molecule has 3 aliphatic rings. The van der Waals surface area contributed by atoms with Gasteiger partial charge in [0.2, 0.25) is 23.6 Å². The molecule has 0 spiro atoms. The number of carbonyl (C=O) groups is 1. The minimum absolute atomic E-state index is 0.00762. The van der Waals surface area contributed by atoms with Crippen molar-refractivity contribution in [1.29, 1.82) is 0 Å². The number of anilines is 3. The summed E-state index contributed by atoms with van der Waals surface area (Å²) in [6.45, 7) is 0.251. The molecule has 0 bridgehead atoms. The van der Waals surface area contributed by atoms with Gasteiger partial charge in [0.15, 0.2) is 41.4 Å². The predicted octanol–water partition coefficient (Wildman–Crippen LogP) is -2.67. The molecule has 3 fully saturated rings. The number of aromatic nitrogens is 12. The summed E-state index contributed by atoms with van der Waals surface area (Å²) in [5.41, 5.74) is 8.10. The average molecular weight is 1240 g/mol. The van der Waals surface area contributed by atoms with Gasteiger partial charge < -0.3 is 80.0 Å². The van der Waals surface area contributed by atoms with Gasteiger partial charge in [0.1, 0.15) is 54.1 Å². The number of aliphatic hydroxyl groups is 3. The fourth-order valence-electron chi connectivity index (χ4n) is 9.54. The number of nitrogens with one attached hydrogen (secondary N) is 3. The lowest BCUT2D eigenvalue weighted by Gasteiger charge is -2.28. The zero-order valence-electron chi connectivity index (χ0n) is 43.7. The topological polar surface area (TPSA) is 539 Å². The van der Waals surface area contributed by atoms with E-state index in [9.17, 15) is 67.5 Å². The molecule has 0 radical (unpaired) electrons. The smallest absolute Gasteiger partial charge is 0.387 e. The number of phosphoric acid groups is 3. The number of aliphatic hydroxyl groups excluding tert-OH is 3. The highest BCUT2D eigenvalue weighted by Gasteiger charge is 2.58. The van der Waals surface area contributed by atoms with Gasteiger partial charge in [-0.3, -0.25) is 51.7 Å². The van der Waals surface area contributed by atoms with Gasteiger partial charge in [0, 0.05) is 39.6 Å². The zero-order chi connectivity index (χ0) is 59.7. The molecule has 1 amide bonds. The number of nitrogen functional groups attached to an aromatic ring is 2. The lowest BCUT2D eigenvalue weighted by molar-refractivity contribution is -0.745. The zero-order valence-corrected chi connectivity index (χ0v) is 47.2. The van der Waals surface area contributed by atoms with Gasteiger partial charge in [-0.25, -0.2) is 38.2 Å². The first-order chi connectivity index (χ1) is 38.4. The molecule has 9 rings (SSSR count). The number of aryl methyl sites for hydroxylation is 1. The highest BCUT2D eigenvalue weighted by molar-refractivity contribution is 7.66. The van der Waals surface area contributed by atoms with Crippen molar-refractivity contribution in [2.45, 2.75) is 93.4 Å². The van der Waals surface area contributed by atoms with Crippen molar-refractivity contribution >= 4 is 88.2 Å². The molecule has 43 heteroatoms. The van der Waals surface area contributed by atoms with E-state index in [4.69, 9.17) is 44.0 Å². The van der Waals surface area contributed by atoms with E-state index in [1.807, 2.05) is 0 Å². The van der Waals surface area contributed by atoms with E-state index >= 15 is 0 Å². The second-order valence-electron chi connectivity index (χ2n) is 19.4. The van der Waals surface area contributed by atoms with Crippen molar-refractivity contribution in [3.05, 3.63) is 46.0 Å². The molecule has 0 aliphatic carbocycles. The molecule has 6 aromatic heterocycles. The Labute approximate surface area is 459 Å². The van der Waals surface area contributed by atoms with Crippen LogP contribution in [-0.2, 0) is 71.2 Å². The van der Waals surface area contributed by atoms with Gasteiger partial charge in [0.05, 0.1) is 45.6 Å². The van der Waals surface area contributed by atoms with Crippen LogP contribution in [0, 0.1) is 5.92 Å². The monoisotopic (exact) mass is 1240 g/mol. The van der Waals surface area contributed by atoms with Crippen LogP contribution < -0.4 is 32.5 Å². The normalized spacial score (nSPS) is 28.9. The Morgan fingerprint density at radius 1 is 0.793 bits per heavy atom. The summed E-state index contributed by atoms with van der Waals surface area (Å²) in [6, 6.07) is -0.175. The number of methoxy groups -OCH3 is 1. The number of phosphoric ester groups is 2. The van der Waals surface area contributed by atoms with E-state index in [2.05, 4.69) is 53.8 Å². The first-order valence-electron chi connectivity index (χ1n) is 24.2. The molecule has 9 heterocycles. The molecule has 6 aromatic rings. The van der Waals surface area contributed by atoms with Crippen molar-refractivity contribution in [3.63, 3.8) is 0 Å². The number of ether oxygens (including phenoxy) is 4. The maximum atomic E-state index is 14.5. The fraction of sp³-hybridized carbons (Fsp3) is 0.590. The molecule has 82 heavy (non-hydrogen) atoms. The number of amides is 1. The number of H-pyrrole nitrogens is 2. The summed E-state index contributed by atoms with van der Waals surface area (Å²) >= 11 is 0. The number of hydrogen-bond acceptors (Lipinski definition) is 28. The minimum atomic E-state index is -6.26. The van der Waals surface area contributed by atoms with Crippen LogP contribution in [-0.4, -0.2) is 195 Å². The van der Waals surface area contributed by atoms with Crippen LogP contribution in [0.2, 0.25) is 0 Å². The van der Waals surface area contributed by atoms with Crippen molar-refractivity contribution in [2.75, 3.05) is 57.8 Å². The molecule has 0 saturated carbocycles. The number of rotatable bonds is 22. The number of imidazole rings is 3. The third-order valence-electron chi connectivity index (χ3n) is 13.2. The van der Waals surface area contributed by atoms with E-state index in [1.165, 1.54) is 46.1 Å². The Morgan fingerprint density at radius 2 is 1.41 bits per heavy atom. The van der Waals surface area contributed by atoms with Crippen LogP contribution in [0.3, 0.4) is 0 Å². The third kappa shape index (κ3) is 12.3. The van der Waals surface area contributed by atoms with Crippen molar-refractivity contribution in [2.24, 2.45) is 13.0 Å². The number of carbonyl (C=O) groups excluding carboxylic acids is 1. The molecule has 0 aromatic carbocycles. The van der Waals surface area contributed by atoms with Crippen LogP contribution in [0.15, 0.2) is 34.9 Å². The third-order valence-corrected chi connectivity index (χ3v) is 19.4. The molecule has 3 saturated heterocycles. The number of fused-ring (bicyclic) bond motifs is 3. The Morgan fingerprint density at radius 3 is 2.06 bits per heavy atom. The summed E-state index contributed by atoms with van der Waals surface area (Å²) in [6.07, 6.45) is -12.1. The summed E-state index contributed by atoms with van der Waals surface area (Å²) in [5.74, 6) is -2.12. The summed E-state index contributed by atoms with van der Waals surface area (Å²) in [5, 5.41) is 36.6. The molecule has 450 valence electrons. The first-order valence-corrected chi connectivity index (χ1v) is 30.4. The summed E-state index contributed by atoms with van der Waals surface area (Å²) in [4.78, 5) is 113. The summed E-state index contributed by atoms with van der Waals surface area (Å²) < 4.78 is 107. The largest absolute Gasteiger partial charge is 0.490 e. The number of aromatic amines is 2. The van der Waals surface area contributed by atoms with Gasteiger partial charge in [-0.15, -0.1) is 0 Å². The van der Waals surface area contributed by atoms with Gasteiger partial charge in [-0.05, 0) is 13.8 Å². The fourth-order valence-corrected chi connectivity index (χ4v) is 14.8. The Hall–Kier alpha value is -5.60. The lowest BCUT2D eigenvalue weighted by atomic mass is 9.94. The van der Waals surface area contributed by atoms with Gasteiger partial charge >= 0.3 is 36.7 Å². The van der Waals surface area contributed by atoms with Crippen LogP contribution in [0.4, 0.5) is 17.7 Å². The second-order valence-corrected chi connectivity index (χ2v) is 26.0. The lowest BCUT2D eigenvalue weighted by Crippen LogP contribution is -2.45. The quantitative estimate of drug-likeness (QED) is 0.0244. The van der Waals surface area contributed by atoms with E-state index in [0.717, 1.165) is 30.7 Å².